The first-order valence-corrected chi connectivity index (χ1v) is 15.8. The van der Waals surface area contributed by atoms with E-state index in [4.69, 9.17) is 4.42 Å². The van der Waals surface area contributed by atoms with Crippen LogP contribution in [0.3, 0.4) is 0 Å². The van der Waals surface area contributed by atoms with Crippen LogP contribution in [0.1, 0.15) is 17.5 Å². The Hall–Kier alpha value is -5.66. The average Bonchev–Trinajstić information content (AvgIpc) is 3.46. The van der Waals surface area contributed by atoms with Gasteiger partial charge in [-0.25, -0.2) is 0 Å². The van der Waals surface area contributed by atoms with Crippen molar-refractivity contribution in [1.29, 1.82) is 0 Å². The topological polar surface area (TPSA) is 13.1 Å². The molecule has 1 heteroatoms. The van der Waals surface area contributed by atoms with Crippen molar-refractivity contribution < 1.29 is 4.42 Å². The lowest BCUT2D eigenvalue weighted by atomic mass is 9.84. The largest absolute Gasteiger partial charge is 0.455 e. The molecule has 0 atom stereocenters. The second-order valence-corrected chi connectivity index (χ2v) is 12.3. The van der Waals surface area contributed by atoms with Crippen molar-refractivity contribution in [2.75, 3.05) is 0 Å². The van der Waals surface area contributed by atoms with Crippen LogP contribution < -0.4 is 0 Å². The molecule has 1 nitrogen and oxygen atoms in total. The van der Waals surface area contributed by atoms with E-state index >= 15 is 0 Å². The molecule has 0 radical (unpaired) electrons. The number of furan rings is 1. The molecule has 0 spiro atoms. The molecule has 1 heterocycles. The lowest BCUT2D eigenvalue weighted by molar-refractivity contribution is 0.671. The zero-order valence-electron chi connectivity index (χ0n) is 24.7. The van der Waals surface area contributed by atoms with E-state index in [0.717, 1.165) is 29.4 Å². The van der Waals surface area contributed by atoms with E-state index in [0.29, 0.717) is 0 Å². The van der Waals surface area contributed by atoms with Crippen LogP contribution in [0.25, 0.3) is 93.4 Å². The molecule has 10 rings (SSSR count). The second-order valence-electron chi connectivity index (χ2n) is 12.3. The van der Waals surface area contributed by atoms with Crippen molar-refractivity contribution >= 4 is 71.1 Å². The third-order valence-corrected chi connectivity index (χ3v) is 9.86. The molecule has 0 saturated heterocycles. The van der Waals surface area contributed by atoms with E-state index in [9.17, 15) is 0 Å². The van der Waals surface area contributed by atoms with Crippen LogP contribution in [-0.2, 0) is 6.42 Å². The zero-order chi connectivity index (χ0) is 29.5. The van der Waals surface area contributed by atoms with Crippen molar-refractivity contribution in [2.45, 2.75) is 12.8 Å². The van der Waals surface area contributed by atoms with Gasteiger partial charge >= 0.3 is 0 Å². The second kappa shape index (κ2) is 9.42. The van der Waals surface area contributed by atoms with Crippen LogP contribution in [0.2, 0.25) is 0 Å². The number of rotatable bonds is 2. The average molecular weight is 573 g/mol. The highest BCUT2D eigenvalue weighted by atomic mass is 16.3. The van der Waals surface area contributed by atoms with Gasteiger partial charge in [0.05, 0.1) is 0 Å². The fourth-order valence-electron chi connectivity index (χ4n) is 7.80. The highest BCUT2D eigenvalue weighted by molar-refractivity contribution is 6.27. The van der Waals surface area contributed by atoms with Crippen LogP contribution in [0.15, 0.2) is 144 Å². The molecule has 0 bridgehead atoms. The third kappa shape index (κ3) is 3.62. The SMILES string of the molecule is C1=Cc2cc3c(cc2CC1)oc1c2ccccc2c(-c2c4ccccc4c(-c4ccc5ccccc5c4)c4ccccc24)cc31. The van der Waals surface area contributed by atoms with E-state index in [-0.39, 0.29) is 0 Å². The van der Waals surface area contributed by atoms with Crippen molar-refractivity contribution in [1.82, 2.24) is 0 Å². The van der Waals surface area contributed by atoms with Gasteiger partial charge in [-0.1, -0.05) is 121 Å². The molecule has 1 aliphatic carbocycles. The Balaban J connectivity index is 1.35. The summed E-state index contributed by atoms with van der Waals surface area (Å²) in [6.45, 7) is 0. The molecule has 0 unspecified atom stereocenters. The molecule has 0 fully saturated rings. The first-order valence-electron chi connectivity index (χ1n) is 15.8. The number of benzene rings is 8. The maximum Gasteiger partial charge on any atom is 0.143 e. The minimum absolute atomic E-state index is 0.970. The molecular formula is C44H28O. The summed E-state index contributed by atoms with van der Waals surface area (Å²) in [5, 5.41) is 12.3. The molecule has 0 aliphatic heterocycles. The Morgan fingerprint density at radius 2 is 1.11 bits per heavy atom. The van der Waals surface area contributed by atoms with Crippen molar-refractivity contribution in [3.05, 3.63) is 151 Å². The van der Waals surface area contributed by atoms with Crippen LogP contribution in [0, 0.1) is 0 Å². The lowest BCUT2D eigenvalue weighted by Crippen LogP contribution is -1.93. The Morgan fingerprint density at radius 1 is 0.467 bits per heavy atom. The van der Waals surface area contributed by atoms with Gasteiger partial charge in [0, 0.05) is 16.2 Å². The quantitative estimate of drug-likeness (QED) is 0.188. The molecule has 1 aliphatic rings. The summed E-state index contributed by atoms with van der Waals surface area (Å²) in [6, 6.07) is 49.2. The van der Waals surface area contributed by atoms with Gasteiger partial charge in [0.2, 0.25) is 0 Å². The lowest BCUT2D eigenvalue weighted by Gasteiger charge is -2.19. The van der Waals surface area contributed by atoms with Gasteiger partial charge in [-0.2, -0.15) is 0 Å². The fraction of sp³-hybridized carbons (Fsp3) is 0.0455. The van der Waals surface area contributed by atoms with Crippen LogP contribution in [0.4, 0.5) is 0 Å². The highest BCUT2D eigenvalue weighted by Crippen LogP contribution is 2.48. The van der Waals surface area contributed by atoms with Crippen molar-refractivity contribution in [2.24, 2.45) is 0 Å². The summed E-state index contributed by atoms with van der Waals surface area (Å²) in [5.74, 6) is 0. The van der Waals surface area contributed by atoms with Crippen LogP contribution in [-0.4, -0.2) is 0 Å². The number of fused-ring (bicyclic) bond motifs is 9. The van der Waals surface area contributed by atoms with Crippen molar-refractivity contribution in [3.63, 3.8) is 0 Å². The zero-order valence-corrected chi connectivity index (χ0v) is 24.7. The monoisotopic (exact) mass is 572 g/mol. The Labute approximate surface area is 260 Å². The summed E-state index contributed by atoms with van der Waals surface area (Å²) in [5.41, 5.74) is 9.67. The molecule has 8 aromatic carbocycles. The first-order chi connectivity index (χ1) is 22.3. The molecule has 9 aromatic rings. The molecule has 0 N–H and O–H groups in total. The minimum Gasteiger partial charge on any atom is -0.455 e. The van der Waals surface area contributed by atoms with E-state index in [2.05, 4.69) is 146 Å². The number of hydrogen-bond donors (Lipinski definition) is 0. The first kappa shape index (κ1) is 24.7. The fourth-order valence-corrected chi connectivity index (χ4v) is 7.80. The maximum absolute atomic E-state index is 6.69. The summed E-state index contributed by atoms with van der Waals surface area (Å²) >= 11 is 0. The van der Waals surface area contributed by atoms with E-state index in [1.165, 1.54) is 81.9 Å². The van der Waals surface area contributed by atoms with E-state index < -0.39 is 0 Å². The molecular weight excluding hydrogens is 544 g/mol. The number of allylic oxidation sites excluding steroid dienone is 1. The van der Waals surface area contributed by atoms with Gasteiger partial charge in [0.15, 0.2) is 0 Å². The highest BCUT2D eigenvalue weighted by Gasteiger charge is 2.21. The number of aryl methyl sites for hydroxylation is 1. The molecule has 0 amide bonds. The molecule has 0 saturated carbocycles. The Kier molecular flexibility index (Phi) is 5.18. The normalized spacial score (nSPS) is 13.1. The van der Waals surface area contributed by atoms with E-state index in [1.54, 1.807) is 0 Å². The number of hydrogen-bond acceptors (Lipinski definition) is 1. The molecule has 1 aromatic heterocycles. The Bertz CT molecular complexity index is 2650. The maximum atomic E-state index is 6.69. The minimum atomic E-state index is 0.970. The summed E-state index contributed by atoms with van der Waals surface area (Å²) in [7, 11) is 0. The van der Waals surface area contributed by atoms with Crippen molar-refractivity contribution in [3.8, 4) is 22.3 Å². The van der Waals surface area contributed by atoms with E-state index in [1.807, 2.05) is 0 Å². The van der Waals surface area contributed by atoms with Gasteiger partial charge in [-0.3, -0.25) is 0 Å². The van der Waals surface area contributed by atoms with Gasteiger partial charge < -0.3 is 4.42 Å². The predicted octanol–water partition coefficient (Wildman–Crippen LogP) is 12.5. The van der Waals surface area contributed by atoms with Crippen LogP contribution in [0.5, 0.6) is 0 Å². The van der Waals surface area contributed by atoms with Gasteiger partial charge in [0.1, 0.15) is 11.2 Å². The summed E-state index contributed by atoms with van der Waals surface area (Å²) < 4.78 is 6.69. The summed E-state index contributed by atoms with van der Waals surface area (Å²) in [6.07, 6.45) is 6.70. The van der Waals surface area contributed by atoms with Crippen LogP contribution >= 0.6 is 0 Å². The molecule has 210 valence electrons. The van der Waals surface area contributed by atoms with Gasteiger partial charge in [0.25, 0.3) is 0 Å². The van der Waals surface area contributed by atoms with Gasteiger partial charge in [-0.15, -0.1) is 0 Å². The summed E-state index contributed by atoms with van der Waals surface area (Å²) in [4.78, 5) is 0. The molecule has 45 heavy (non-hydrogen) atoms. The van der Waals surface area contributed by atoms with Gasteiger partial charge in [-0.05, 0) is 108 Å². The third-order valence-electron chi connectivity index (χ3n) is 9.86. The smallest absolute Gasteiger partial charge is 0.143 e. The standard InChI is InChI=1S/C44H28O/c1-2-12-28-23-31(22-21-27(28)11-1)42-33-16-6-8-18-35(33)43(36-19-9-7-17-34(36)42)39-26-40-38-24-29-13-3-4-14-30(29)25-41(38)45-44(40)37-20-10-5-15-32(37)39/h1-3,5-13,15-26H,4,14H2. The predicted molar refractivity (Wildman–Crippen MR) is 192 cm³/mol. The Morgan fingerprint density at radius 3 is 1.87 bits per heavy atom.